The molecule has 1 unspecified atom stereocenters. The fourth-order valence-electron chi connectivity index (χ4n) is 3.70. The highest BCUT2D eigenvalue weighted by Gasteiger charge is 2.29. The van der Waals surface area contributed by atoms with E-state index in [0.29, 0.717) is 37.7 Å². The van der Waals surface area contributed by atoms with E-state index in [-0.39, 0.29) is 23.9 Å². The molecule has 2 aromatic carbocycles. The molecule has 2 aromatic heterocycles. The second-order valence-corrected chi connectivity index (χ2v) is 9.38. The third-order valence-corrected chi connectivity index (χ3v) is 6.92. The normalized spacial score (nSPS) is 15.2. The third kappa shape index (κ3) is 3.79. The SMILES string of the molecule is Cc1ccc(Cl)cc1NC(=O)CC1CSc2nc3c(cnn3-c3ccc(Cl)cc3)c(=O)n21. The van der Waals surface area contributed by atoms with Crippen LogP contribution >= 0.6 is 35.0 Å². The molecule has 0 fully saturated rings. The smallest absolute Gasteiger partial charge is 0.265 e. The minimum atomic E-state index is -0.294. The Bertz CT molecular complexity index is 1410. The molecule has 1 aliphatic heterocycles. The number of thioether (sulfide) groups is 1. The second-order valence-electron chi connectivity index (χ2n) is 7.52. The monoisotopic (exact) mass is 485 g/mol. The summed E-state index contributed by atoms with van der Waals surface area (Å²) in [5, 5.41) is 9.40. The van der Waals surface area contributed by atoms with Crippen LogP contribution in [0.3, 0.4) is 0 Å². The summed E-state index contributed by atoms with van der Waals surface area (Å²) in [5.74, 6) is 0.406. The standard InChI is InChI=1S/C22H17Cl2N5O2S/c1-12-2-3-14(24)8-18(12)26-19(30)9-16-11-32-22-27-20-17(21(31)28(16)22)10-25-29(20)15-6-4-13(23)5-7-15/h2-8,10,16H,9,11H2,1H3,(H,26,30). The number of aryl methyl sites for hydroxylation is 1. The first-order chi connectivity index (χ1) is 15.4. The number of anilines is 1. The van der Waals surface area contributed by atoms with Crippen molar-refractivity contribution in [3.8, 4) is 5.69 Å². The molecule has 0 bridgehead atoms. The number of carbonyl (C=O) groups excluding carboxylic acids is 1. The van der Waals surface area contributed by atoms with Crippen molar-refractivity contribution >= 4 is 57.6 Å². The molecule has 3 heterocycles. The van der Waals surface area contributed by atoms with E-state index in [9.17, 15) is 9.59 Å². The van der Waals surface area contributed by atoms with E-state index in [1.807, 2.05) is 25.1 Å². The number of rotatable bonds is 4. The van der Waals surface area contributed by atoms with Crippen molar-refractivity contribution in [2.24, 2.45) is 0 Å². The van der Waals surface area contributed by atoms with E-state index in [0.717, 1.165) is 11.3 Å². The minimum absolute atomic E-state index is 0.157. The van der Waals surface area contributed by atoms with Crippen LogP contribution in [0.1, 0.15) is 18.0 Å². The Hall–Kier alpha value is -2.81. The van der Waals surface area contributed by atoms with Gasteiger partial charge >= 0.3 is 0 Å². The van der Waals surface area contributed by atoms with Crippen LogP contribution in [0.15, 0.2) is 58.6 Å². The van der Waals surface area contributed by atoms with E-state index < -0.39 is 0 Å². The first-order valence-electron chi connectivity index (χ1n) is 9.86. The van der Waals surface area contributed by atoms with Crippen molar-refractivity contribution in [1.29, 1.82) is 0 Å². The van der Waals surface area contributed by atoms with Crippen molar-refractivity contribution in [2.45, 2.75) is 24.5 Å². The van der Waals surface area contributed by atoms with Gasteiger partial charge in [0.2, 0.25) is 5.91 Å². The number of hydrogen-bond donors (Lipinski definition) is 1. The Labute approximate surface area is 197 Å². The van der Waals surface area contributed by atoms with Crippen LogP contribution in [-0.2, 0) is 4.79 Å². The maximum absolute atomic E-state index is 13.3. The van der Waals surface area contributed by atoms with Gasteiger partial charge in [0.05, 0.1) is 17.9 Å². The van der Waals surface area contributed by atoms with E-state index in [1.165, 1.54) is 18.0 Å². The number of amides is 1. The van der Waals surface area contributed by atoms with Gasteiger partial charge in [-0.15, -0.1) is 0 Å². The molecule has 0 saturated heterocycles. The molecule has 0 saturated carbocycles. The average molecular weight is 486 g/mol. The van der Waals surface area contributed by atoms with Crippen molar-refractivity contribution in [3.05, 3.63) is 74.6 Å². The zero-order valence-corrected chi connectivity index (χ0v) is 19.2. The number of carbonyl (C=O) groups is 1. The summed E-state index contributed by atoms with van der Waals surface area (Å²) in [4.78, 5) is 30.6. The molecule has 162 valence electrons. The van der Waals surface area contributed by atoms with Gasteiger partial charge < -0.3 is 5.32 Å². The molecule has 5 rings (SSSR count). The molecule has 7 nitrogen and oxygen atoms in total. The number of nitrogens with zero attached hydrogens (tertiary/aromatic N) is 4. The predicted octanol–water partition coefficient (Wildman–Crippen LogP) is 4.87. The van der Waals surface area contributed by atoms with Crippen molar-refractivity contribution < 1.29 is 4.79 Å². The molecule has 1 atom stereocenters. The number of aromatic nitrogens is 4. The summed E-state index contributed by atoms with van der Waals surface area (Å²) in [7, 11) is 0. The number of benzene rings is 2. The summed E-state index contributed by atoms with van der Waals surface area (Å²) >= 11 is 13.5. The molecule has 0 radical (unpaired) electrons. The van der Waals surface area contributed by atoms with Crippen LogP contribution in [0.2, 0.25) is 10.0 Å². The van der Waals surface area contributed by atoms with Gasteiger partial charge in [0.25, 0.3) is 5.56 Å². The van der Waals surface area contributed by atoms with Crippen LogP contribution in [-0.4, -0.2) is 31.0 Å². The number of hydrogen-bond acceptors (Lipinski definition) is 5. The Morgan fingerprint density at radius 2 is 1.94 bits per heavy atom. The molecular weight excluding hydrogens is 469 g/mol. The summed E-state index contributed by atoms with van der Waals surface area (Å²) in [5.41, 5.74) is 2.62. The molecule has 32 heavy (non-hydrogen) atoms. The lowest BCUT2D eigenvalue weighted by Gasteiger charge is -2.14. The van der Waals surface area contributed by atoms with E-state index >= 15 is 0 Å². The minimum Gasteiger partial charge on any atom is -0.326 e. The topological polar surface area (TPSA) is 81.8 Å². The van der Waals surface area contributed by atoms with Crippen LogP contribution in [0.25, 0.3) is 16.7 Å². The highest BCUT2D eigenvalue weighted by Crippen LogP contribution is 2.34. The highest BCUT2D eigenvalue weighted by atomic mass is 35.5. The Balaban J connectivity index is 1.44. The number of nitrogens with one attached hydrogen (secondary N) is 1. The Morgan fingerprint density at radius 3 is 2.72 bits per heavy atom. The van der Waals surface area contributed by atoms with Crippen molar-refractivity contribution in [2.75, 3.05) is 11.1 Å². The van der Waals surface area contributed by atoms with Gasteiger partial charge in [0.15, 0.2) is 10.8 Å². The fourth-order valence-corrected chi connectivity index (χ4v) is 5.12. The lowest BCUT2D eigenvalue weighted by molar-refractivity contribution is -0.116. The summed E-state index contributed by atoms with van der Waals surface area (Å²) in [6, 6.07) is 12.2. The van der Waals surface area contributed by atoms with E-state index in [4.69, 9.17) is 23.2 Å². The average Bonchev–Trinajstić information content (AvgIpc) is 3.36. The lowest BCUT2D eigenvalue weighted by atomic mass is 10.1. The zero-order valence-electron chi connectivity index (χ0n) is 16.9. The molecule has 4 aromatic rings. The zero-order chi connectivity index (χ0) is 22.4. The van der Waals surface area contributed by atoms with Crippen LogP contribution in [0.5, 0.6) is 0 Å². The van der Waals surface area contributed by atoms with Gasteiger partial charge in [-0.05, 0) is 48.9 Å². The Kier molecular flexibility index (Phi) is 5.44. The first kappa shape index (κ1) is 21.1. The van der Waals surface area contributed by atoms with Crippen LogP contribution in [0, 0.1) is 6.92 Å². The van der Waals surface area contributed by atoms with Crippen molar-refractivity contribution in [3.63, 3.8) is 0 Å². The number of halogens is 2. The van der Waals surface area contributed by atoms with Gasteiger partial charge in [-0.1, -0.05) is 41.0 Å². The predicted molar refractivity (Wildman–Crippen MR) is 127 cm³/mol. The molecule has 0 aliphatic carbocycles. The number of fused-ring (bicyclic) bond motifs is 2. The fraction of sp³-hybridized carbons (Fsp3) is 0.182. The summed E-state index contributed by atoms with van der Waals surface area (Å²) in [6.07, 6.45) is 1.67. The maximum atomic E-state index is 13.3. The van der Waals surface area contributed by atoms with Crippen molar-refractivity contribution in [1.82, 2.24) is 19.3 Å². The molecule has 1 aliphatic rings. The summed E-state index contributed by atoms with van der Waals surface area (Å²) in [6.45, 7) is 1.90. The van der Waals surface area contributed by atoms with Crippen LogP contribution < -0.4 is 10.9 Å². The van der Waals surface area contributed by atoms with Gasteiger partial charge in [0, 0.05) is 27.9 Å². The van der Waals surface area contributed by atoms with Gasteiger partial charge in [-0.25, -0.2) is 9.67 Å². The van der Waals surface area contributed by atoms with E-state index in [2.05, 4.69) is 15.4 Å². The van der Waals surface area contributed by atoms with E-state index in [1.54, 1.807) is 33.5 Å². The second kappa shape index (κ2) is 8.27. The molecule has 1 amide bonds. The molecule has 10 heteroatoms. The lowest BCUT2D eigenvalue weighted by Crippen LogP contribution is -2.27. The van der Waals surface area contributed by atoms with Gasteiger partial charge in [0.1, 0.15) is 5.39 Å². The third-order valence-electron chi connectivity index (χ3n) is 5.34. The maximum Gasteiger partial charge on any atom is 0.265 e. The molecule has 0 spiro atoms. The Morgan fingerprint density at radius 1 is 1.19 bits per heavy atom. The highest BCUT2D eigenvalue weighted by molar-refractivity contribution is 7.99. The summed E-state index contributed by atoms with van der Waals surface area (Å²) < 4.78 is 3.22. The van der Waals surface area contributed by atoms with Gasteiger partial charge in [-0.2, -0.15) is 5.10 Å². The van der Waals surface area contributed by atoms with Crippen LogP contribution in [0.4, 0.5) is 5.69 Å². The molecular formula is C22H17Cl2N5O2S. The first-order valence-corrected chi connectivity index (χ1v) is 11.6. The quantitative estimate of drug-likeness (QED) is 0.416. The van der Waals surface area contributed by atoms with Gasteiger partial charge in [-0.3, -0.25) is 14.2 Å². The largest absolute Gasteiger partial charge is 0.326 e. The molecule has 1 N–H and O–H groups in total.